The summed E-state index contributed by atoms with van der Waals surface area (Å²) in [5.74, 6) is -0.729. The van der Waals surface area contributed by atoms with Crippen molar-refractivity contribution in [1.29, 1.82) is 0 Å². The van der Waals surface area contributed by atoms with E-state index >= 15 is 0 Å². The van der Waals surface area contributed by atoms with Gasteiger partial charge in [-0.1, -0.05) is 26.8 Å². The Morgan fingerprint density at radius 3 is 2.55 bits per heavy atom. The van der Waals surface area contributed by atoms with E-state index in [9.17, 15) is 19.8 Å². The van der Waals surface area contributed by atoms with Crippen molar-refractivity contribution in [2.24, 2.45) is 17.8 Å². The molecule has 0 bridgehead atoms. The van der Waals surface area contributed by atoms with E-state index in [0.29, 0.717) is 25.0 Å². The normalized spacial score (nSPS) is 28.5. The number of aliphatic hydroxyl groups is 2. The fourth-order valence-electron chi connectivity index (χ4n) is 5.57. The zero-order chi connectivity index (χ0) is 29.7. The maximum atomic E-state index is 12.5. The van der Waals surface area contributed by atoms with Gasteiger partial charge < -0.3 is 35.1 Å². The first kappa shape index (κ1) is 34.7. The smallest absolute Gasteiger partial charge is 0.225 e. The highest BCUT2D eigenvalue weighted by Crippen LogP contribution is 2.43. The van der Waals surface area contributed by atoms with Crippen LogP contribution in [0.3, 0.4) is 0 Å². The molecule has 2 saturated heterocycles. The van der Waals surface area contributed by atoms with Crippen LogP contribution in [0.4, 0.5) is 0 Å². The molecule has 2 aliphatic heterocycles. The number of carbonyl (C=O) groups is 2. The molecule has 0 aromatic carbocycles. The molecule has 2 rings (SSSR count). The van der Waals surface area contributed by atoms with Crippen LogP contribution >= 0.6 is 0 Å². The summed E-state index contributed by atoms with van der Waals surface area (Å²) in [5, 5.41) is 25.6. The average molecular weight is 569 g/mol. The highest BCUT2D eigenvalue weighted by atomic mass is 16.7. The van der Waals surface area contributed by atoms with E-state index in [-0.39, 0.29) is 37.0 Å². The number of nitrogens with one attached hydrogen (secondary N) is 2. The summed E-state index contributed by atoms with van der Waals surface area (Å²) < 4.78 is 18.2. The molecule has 2 amide bonds. The van der Waals surface area contributed by atoms with Crippen LogP contribution in [0, 0.1) is 17.8 Å². The SMILES string of the molecule is COCCC(=O)NC[C@H](O)[C@H](C)C(=O)NCCC[C@H]1OC2(CCC[C@H](CC[C@H](C)/C=C(\C)[C@H](C)O)O2)CC[C@@H]1C. The molecule has 9 heteroatoms. The molecule has 40 heavy (non-hydrogen) atoms. The number of amides is 2. The standard InChI is InChI=1S/C31H56N2O7/c1-21(19-23(3)25(5)34)11-12-26-9-7-15-31(39-26)16-13-22(2)28(40-31)10-8-17-32-30(37)24(4)27(35)20-33-29(36)14-18-38-6/h19,21-22,24-28,34-35H,7-18,20H2,1-6H3,(H,32,37)(H,33,36)/b23-19+/t21-,22-,24-,25-,26+,27-,28+,31?/m0/s1. The molecule has 8 atom stereocenters. The van der Waals surface area contributed by atoms with E-state index in [1.807, 2.05) is 6.92 Å². The van der Waals surface area contributed by atoms with Crippen molar-refractivity contribution in [3.63, 3.8) is 0 Å². The molecular formula is C31H56N2O7. The molecule has 9 nitrogen and oxygen atoms in total. The van der Waals surface area contributed by atoms with Gasteiger partial charge in [0.15, 0.2) is 5.79 Å². The highest BCUT2D eigenvalue weighted by molar-refractivity contribution is 5.79. The number of hydrogen-bond acceptors (Lipinski definition) is 7. The number of aliphatic hydroxyl groups excluding tert-OH is 2. The van der Waals surface area contributed by atoms with E-state index in [0.717, 1.165) is 63.4 Å². The van der Waals surface area contributed by atoms with Crippen molar-refractivity contribution in [3.05, 3.63) is 11.6 Å². The van der Waals surface area contributed by atoms with Gasteiger partial charge in [0.05, 0.1) is 36.9 Å². The third kappa shape index (κ3) is 11.8. The second-order valence-corrected chi connectivity index (χ2v) is 12.2. The van der Waals surface area contributed by atoms with Crippen molar-refractivity contribution < 1.29 is 34.0 Å². The molecule has 232 valence electrons. The van der Waals surface area contributed by atoms with E-state index in [4.69, 9.17) is 14.2 Å². The Bertz CT molecular complexity index is 805. The fourth-order valence-corrected chi connectivity index (χ4v) is 5.57. The van der Waals surface area contributed by atoms with Crippen LogP contribution in [0.15, 0.2) is 11.6 Å². The number of allylic oxidation sites excluding steroid dienone is 1. The van der Waals surface area contributed by atoms with Gasteiger partial charge in [0.2, 0.25) is 11.8 Å². The molecule has 2 heterocycles. The van der Waals surface area contributed by atoms with E-state index in [1.165, 1.54) is 7.11 Å². The third-order valence-corrected chi connectivity index (χ3v) is 8.59. The highest BCUT2D eigenvalue weighted by Gasteiger charge is 2.44. The Morgan fingerprint density at radius 1 is 1.10 bits per heavy atom. The third-order valence-electron chi connectivity index (χ3n) is 8.59. The quantitative estimate of drug-likeness (QED) is 0.165. The zero-order valence-electron chi connectivity index (χ0n) is 25.7. The number of rotatable bonds is 16. The van der Waals surface area contributed by atoms with Gasteiger partial charge in [0.25, 0.3) is 0 Å². The lowest BCUT2D eigenvalue weighted by molar-refractivity contribution is -0.324. The van der Waals surface area contributed by atoms with Crippen LogP contribution in [-0.2, 0) is 23.8 Å². The first-order valence-electron chi connectivity index (χ1n) is 15.4. The van der Waals surface area contributed by atoms with Gasteiger partial charge in [0, 0.05) is 39.5 Å². The van der Waals surface area contributed by atoms with Gasteiger partial charge in [-0.15, -0.1) is 0 Å². The first-order chi connectivity index (χ1) is 19.0. The molecule has 1 spiro atoms. The number of carbonyl (C=O) groups excluding carboxylic acids is 2. The Kier molecular flexibility index (Phi) is 15.1. The molecule has 4 N–H and O–H groups in total. The van der Waals surface area contributed by atoms with Gasteiger partial charge in [-0.05, 0) is 76.2 Å². The maximum Gasteiger partial charge on any atom is 0.225 e. The lowest BCUT2D eigenvalue weighted by Crippen LogP contribution is -2.50. The Balaban J connectivity index is 1.75. The van der Waals surface area contributed by atoms with E-state index in [2.05, 4.69) is 30.6 Å². The summed E-state index contributed by atoms with van der Waals surface area (Å²) in [5.41, 5.74) is 1.02. The van der Waals surface area contributed by atoms with Crippen LogP contribution in [0.1, 0.15) is 98.8 Å². The van der Waals surface area contributed by atoms with Gasteiger partial charge in [-0.3, -0.25) is 9.59 Å². The number of hydrogen-bond donors (Lipinski definition) is 4. The second kappa shape index (κ2) is 17.4. The molecule has 2 aliphatic rings. The Labute approximate surface area is 241 Å². The van der Waals surface area contributed by atoms with Crippen LogP contribution in [0.2, 0.25) is 0 Å². The molecular weight excluding hydrogens is 512 g/mol. The van der Waals surface area contributed by atoms with Crippen LogP contribution in [-0.4, -0.2) is 79.0 Å². The van der Waals surface area contributed by atoms with Gasteiger partial charge in [0.1, 0.15) is 0 Å². The van der Waals surface area contributed by atoms with Crippen molar-refractivity contribution in [2.75, 3.05) is 26.8 Å². The minimum atomic E-state index is -0.953. The summed E-state index contributed by atoms with van der Waals surface area (Å²) in [6.45, 7) is 10.7. The number of methoxy groups -OCH3 is 1. The minimum Gasteiger partial charge on any atom is -0.390 e. The van der Waals surface area contributed by atoms with E-state index in [1.54, 1.807) is 13.8 Å². The maximum absolute atomic E-state index is 12.5. The lowest BCUT2D eigenvalue weighted by Gasteiger charge is -2.48. The van der Waals surface area contributed by atoms with Crippen molar-refractivity contribution in [1.82, 2.24) is 10.6 Å². The lowest BCUT2D eigenvalue weighted by atomic mass is 9.85. The molecule has 0 radical (unpaired) electrons. The van der Waals surface area contributed by atoms with E-state index < -0.39 is 23.9 Å². The van der Waals surface area contributed by atoms with Gasteiger partial charge in [-0.2, -0.15) is 0 Å². The van der Waals surface area contributed by atoms with Crippen molar-refractivity contribution >= 4 is 11.8 Å². The predicted molar refractivity (Wildman–Crippen MR) is 155 cm³/mol. The summed E-state index contributed by atoms with van der Waals surface area (Å²) in [4.78, 5) is 24.2. The zero-order valence-corrected chi connectivity index (χ0v) is 25.7. The Hall–Kier alpha value is -1.52. The van der Waals surface area contributed by atoms with Crippen LogP contribution < -0.4 is 10.6 Å². The summed E-state index contributed by atoms with van der Waals surface area (Å²) in [7, 11) is 1.53. The van der Waals surface area contributed by atoms with Gasteiger partial charge in [-0.25, -0.2) is 0 Å². The first-order valence-corrected chi connectivity index (χ1v) is 15.4. The summed E-state index contributed by atoms with van der Waals surface area (Å²) in [6, 6.07) is 0. The number of ether oxygens (including phenoxy) is 3. The molecule has 0 aromatic heterocycles. The molecule has 0 aromatic rings. The summed E-state index contributed by atoms with van der Waals surface area (Å²) >= 11 is 0. The van der Waals surface area contributed by atoms with Crippen molar-refractivity contribution in [2.45, 2.75) is 129 Å². The summed E-state index contributed by atoms with van der Waals surface area (Å²) in [6.07, 6.45) is 10.0. The topological polar surface area (TPSA) is 126 Å². The van der Waals surface area contributed by atoms with Crippen molar-refractivity contribution in [3.8, 4) is 0 Å². The largest absolute Gasteiger partial charge is 0.390 e. The molecule has 0 aliphatic carbocycles. The second-order valence-electron chi connectivity index (χ2n) is 12.2. The van der Waals surface area contributed by atoms with Gasteiger partial charge >= 0.3 is 0 Å². The monoisotopic (exact) mass is 568 g/mol. The van der Waals surface area contributed by atoms with Crippen LogP contribution in [0.5, 0.6) is 0 Å². The average Bonchev–Trinajstić information content (AvgIpc) is 2.93. The predicted octanol–water partition coefficient (Wildman–Crippen LogP) is 3.86. The fraction of sp³-hybridized carbons (Fsp3) is 0.871. The molecule has 1 unspecified atom stereocenters. The molecule has 0 saturated carbocycles. The molecule has 2 fully saturated rings. The minimum absolute atomic E-state index is 0.0325. The van der Waals surface area contributed by atoms with Crippen LogP contribution in [0.25, 0.3) is 0 Å². The Morgan fingerprint density at radius 2 is 1.85 bits per heavy atom.